The second-order valence-electron chi connectivity index (χ2n) is 5.73. The molecule has 0 aliphatic heterocycles. The largest absolute Gasteiger partial charge is 0.272 e. The fourth-order valence-electron chi connectivity index (χ4n) is 2.40. The summed E-state index contributed by atoms with van der Waals surface area (Å²) in [4.78, 5) is 0. The number of aromatic nitrogens is 4. The van der Waals surface area contributed by atoms with Crippen molar-refractivity contribution >= 4 is 9.84 Å². The molecule has 0 saturated heterocycles. The molecule has 22 heavy (non-hydrogen) atoms. The molecule has 120 valence electrons. The van der Waals surface area contributed by atoms with Crippen LogP contribution in [0.3, 0.4) is 0 Å². The van der Waals surface area contributed by atoms with Crippen molar-refractivity contribution in [2.75, 3.05) is 6.26 Å². The van der Waals surface area contributed by atoms with Crippen LogP contribution < -0.4 is 0 Å². The van der Waals surface area contributed by atoms with E-state index in [-0.39, 0.29) is 5.16 Å². The minimum Gasteiger partial charge on any atom is -0.221 e. The highest BCUT2D eigenvalue weighted by Crippen LogP contribution is 2.26. The zero-order valence-electron chi connectivity index (χ0n) is 13.4. The lowest BCUT2D eigenvalue weighted by atomic mass is 9.94. The van der Waals surface area contributed by atoms with E-state index in [1.54, 1.807) is 0 Å². The molecule has 2 rings (SSSR count). The van der Waals surface area contributed by atoms with Gasteiger partial charge in [0.1, 0.15) is 0 Å². The van der Waals surface area contributed by atoms with Gasteiger partial charge in [-0.25, -0.2) is 8.42 Å². The second kappa shape index (κ2) is 6.56. The predicted molar refractivity (Wildman–Crippen MR) is 84.9 cm³/mol. The molecule has 0 aliphatic rings. The van der Waals surface area contributed by atoms with Crippen LogP contribution in [0.5, 0.6) is 0 Å². The monoisotopic (exact) mass is 322 g/mol. The molecule has 0 N–H and O–H groups in total. The molecule has 0 amide bonds. The third-order valence-corrected chi connectivity index (χ3v) is 4.71. The Balaban J connectivity index is 2.46. The van der Waals surface area contributed by atoms with Crippen LogP contribution in [0.25, 0.3) is 5.69 Å². The number of aryl methyl sites for hydroxylation is 1. The topological polar surface area (TPSA) is 77.7 Å². The molecular weight excluding hydrogens is 300 g/mol. The summed E-state index contributed by atoms with van der Waals surface area (Å²) >= 11 is 0. The van der Waals surface area contributed by atoms with Crippen molar-refractivity contribution in [1.82, 2.24) is 20.2 Å². The zero-order chi connectivity index (χ0) is 16.3. The molecule has 0 spiro atoms. The first-order valence-electron chi connectivity index (χ1n) is 7.44. The number of hydrogen-bond donors (Lipinski definition) is 0. The van der Waals surface area contributed by atoms with E-state index in [9.17, 15) is 8.42 Å². The average molecular weight is 322 g/mol. The van der Waals surface area contributed by atoms with Gasteiger partial charge in [0.05, 0.1) is 5.69 Å². The highest BCUT2D eigenvalue weighted by Gasteiger charge is 2.20. The average Bonchev–Trinajstić information content (AvgIpc) is 2.94. The first-order valence-corrected chi connectivity index (χ1v) is 9.33. The number of nitrogens with zero attached hydrogens (tertiary/aromatic N) is 4. The normalized spacial score (nSPS) is 13.3. The van der Waals surface area contributed by atoms with Crippen molar-refractivity contribution < 1.29 is 8.42 Å². The van der Waals surface area contributed by atoms with E-state index in [1.807, 2.05) is 19.1 Å². The Labute approximate surface area is 131 Å². The maximum atomic E-state index is 11.8. The smallest absolute Gasteiger partial charge is 0.221 e. The van der Waals surface area contributed by atoms with Gasteiger partial charge in [-0.3, -0.25) is 0 Å². The van der Waals surface area contributed by atoms with Gasteiger partial charge in [0, 0.05) is 6.26 Å². The van der Waals surface area contributed by atoms with Crippen LogP contribution in [-0.2, 0) is 9.84 Å². The number of rotatable bonds is 6. The summed E-state index contributed by atoms with van der Waals surface area (Å²) in [6.07, 6.45) is 4.55. The van der Waals surface area contributed by atoms with Gasteiger partial charge >= 0.3 is 0 Å². The van der Waals surface area contributed by atoms with Crippen LogP contribution in [0.15, 0.2) is 23.4 Å². The van der Waals surface area contributed by atoms with Crippen LogP contribution in [0.4, 0.5) is 0 Å². The van der Waals surface area contributed by atoms with Gasteiger partial charge in [-0.05, 0) is 46.9 Å². The second-order valence-corrected chi connectivity index (χ2v) is 7.64. The molecule has 2 aromatic rings. The molecule has 0 saturated carbocycles. The van der Waals surface area contributed by atoms with Gasteiger partial charge in [-0.1, -0.05) is 43.9 Å². The lowest BCUT2D eigenvalue weighted by Crippen LogP contribution is -2.10. The third-order valence-electron chi connectivity index (χ3n) is 3.79. The van der Waals surface area contributed by atoms with Gasteiger partial charge < -0.3 is 0 Å². The lowest BCUT2D eigenvalue weighted by molar-refractivity contribution is 0.585. The highest BCUT2D eigenvalue weighted by atomic mass is 32.2. The molecule has 1 unspecified atom stereocenters. The van der Waals surface area contributed by atoms with Gasteiger partial charge in [-0.2, -0.15) is 4.68 Å². The Morgan fingerprint density at radius 1 is 1.32 bits per heavy atom. The number of hydrogen-bond acceptors (Lipinski definition) is 5. The maximum absolute atomic E-state index is 11.8. The summed E-state index contributed by atoms with van der Waals surface area (Å²) in [5, 5.41) is 10.9. The molecule has 7 heteroatoms. The van der Waals surface area contributed by atoms with Crippen molar-refractivity contribution in [3.05, 3.63) is 29.3 Å². The number of unbranched alkanes of at least 4 members (excludes halogenated alkanes) is 1. The predicted octanol–water partition coefficient (Wildman–Crippen LogP) is 2.67. The summed E-state index contributed by atoms with van der Waals surface area (Å²) in [5.41, 5.74) is 2.82. The molecule has 0 fully saturated rings. The Morgan fingerprint density at radius 3 is 2.68 bits per heavy atom. The van der Waals surface area contributed by atoms with E-state index < -0.39 is 9.84 Å². The molecular formula is C15H22N4O2S. The summed E-state index contributed by atoms with van der Waals surface area (Å²) in [7, 11) is -3.48. The SMILES string of the molecule is CCCCC(C)c1ccc(C)c(-n2nnnc2S(C)(=O)=O)c1. The molecule has 1 atom stereocenters. The van der Waals surface area contributed by atoms with Gasteiger partial charge in [0.2, 0.25) is 9.84 Å². The van der Waals surface area contributed by atoms with E-state index in [4.69, 9.17) is 0 Å². The molecule has 0 aliphatic carbocycles. The van der Waals surface area contributed by atoms with Crippen LogP contribution in [0.2, 0.25) is 0 Å². The summed E-state index contributed by atoms with van der Waals surface area (Å²) in [6.45, 7) is 6.28. The molecule has 6 nitrogen and oxygen atoms in total. The number of sulfone groups is 1. The van der Waals surface area contributed by atoms with Crippen LogP contribution >= 0.6 is 0 Å². The number of tetrazole rings is 1. The van der Waals surface area contributed by atoms with Crippen LogP contribution in [0, 0.1) is 6.92 Å². The molecule has 0 bridgehead atoms. The standard InChI is InChI=1S/C15H22N4O2S/c1-5-6-7-11(2)13-9-8-12(3)14(10-13)19-15(16-17-18-19)22(4,20)21/h8-11H,5-7H2,1-4H3. The van der Waals surface area contributed by atoms with Gasteiger partial charge in [0.25, 0.3) is 5.16 Å². The zero-order valence-corrected chi connectivity index (χ0v) is 14.3. The van der Waals surface area contributed by atoms with E-state index in [1.165, 1.54) is 16.7 Å². The fourth-order valence-corrected chi connectivity index (χ4v) is 3.03. The quantitative estimate of drug-likeness (QED) is 0.817. The molecule has 1 heterocycles. The Kier molecular flexibility index (Phi) is 4.95. The van der Waals surface area contributed by atoms with Crippen molar-refractivity contribution in [1.29, 1.82) is 0 Å². The van der Waals surface area contributed by atoms with E-state index in [0.29, 0.717) is 11.6 Å². The summed E-state index contributed by atoms with van der Waals surface area (Å²) in [6, 6.07) is 6.06. The maximum Gasteiger partial charge on any atom is 0.272 e. The summed E-state index contributed by atoms with van der Waals surface area (Å²) in [5.74, 6) is 0.414. The van der Waals surface area contributed by atoms with Crippen molar-refractivity contribution in [3.63, 3.8) is 0 Å². The molecule has 0 radical (unpaired) electrons. The van der Waals surface area contributed by atoms with Gasteiger partial charge in [-0.15, -0.1) is 0 Å². The van der Waals surface area contributed by atoms with Gasteiger partial charge in [0.15, 0.2) is 0 Å². The Morgan fingerprint density at radius 2 is 2.05 bits per heavy atom. The van der Waals surface area contributed by atoms with Crippen LogP contribution in [0.1, 0.15) is 50.2 Å². The number of benzene rings is 1. The van der Waals surface area contributed by atoms with E-state index >= 15 is 0 Å². The van der Waals surface area contributed by atoms with Crippen molar-refractivity contribution in [2.45, 2.75) is 51.1 Å². The van der Waals surface area contributed by atoms with E-state index in [0.717, 1.165) is 24.7 Å². The van der Waals surface area contributed by atoms with Crippen molar-refractivity contribution in [2.24, 2.45) is 0 Å². The minimum absolute atomic E-state index is 0.131. The fraction of sp³-hybridized carbons (Fsp3) is 0.533. The summed E-state index contributed by atoms with van der Waals surface area (Å²) < 4.78 is 24.9. The van der Waals surface area contributed by atoms with Crippen LogP contribution in [-0.4, -0.2) is 34.9 Å². The Hall–Kier alpha value is -1.76. The Bertz CT molecular complexity index is 753. The lowest BCUT2D eigenvalue weighted by Gasteiger charge is -2.14. The third kappa shape index (κ3) is 3.52. The highest BCUT2D eigenvalue weighted by molar-refractivity contribution is 7.90. The first kappa shape index (κ1) is 16.6. The van der Waals surface area contributed by atoms with Crippen molar-refractivity contribution in [3.8, 4) is 5.69 Å². The minimum atomic E-state index is -3.48. The first-order chi connectivity index (χ1) is 10.3. The van der Waals surface area contributed by atoms with E-state index in [2.05, 4.69) is 35.4 Å². The molecule has 1 aromatic heterocycles. The molecule has 1 aromatic carbocycles.